The molecule has 4 nitrogen and oxygen atoms in total. The number of hydrogen-bond donors (Lipinski definition) is 1. The maximum Gasteiger partial charge on any atom is 0.430 e. The minimum absolute atomic E-state index is 0.495. The summed E-state index contributed by atoms with van der Waals surface area (Å²) >= 11 is 3.02. The average molecular weight is 514 g/mol. The lowest BCUT2D eigenvalue weighted by atomic mass is 9.92. The Morgan fingerprint density at radius 2 is 1.48 bits per heavy atom. The van der Waals surface area contributed by atoms with Gasteiger partial charge < -0.3 is 10.0 Å². The Morgan fingerprint density at radius 3 is 1.88 bits per heavy atom. The number of thiazole rings is 1. The van der Waals surface area contributed by atoms with Crippen LogP contribution in [0.4, 0.5) is 32.0 Å². The predicted molar refractivity (Wildman–Crippen MR) is 120 cm³/mol. The van der Waals surface area contributed by atoms with Gasteiger partial charge in [-0.3, -0.25) is 0 Å². The Balaban J connectivity index is 0.00000101. The number of halogens is 6. The molecule has 33 heavy (non-hydrogen) atoms. The smallest absolute Gasteiger partial charge is 0.369 e. The van der Waals surface area contributed by atoms with E-state index in [9.17, 15) is 31.4 Å². The number of piperazine rings is 1. The van der Waals surface area contributed by atoms with Crippen molar-refractivity contribution in [3.05, 3.63) is 41.4 Å². The average Bonchev–Trinajstić information content (AvgIpc) is 3.27. The zero-order valence-corrected chi connectivity index (χ0v) is 19.9. The molecule has 0 spiro atoms. The molecule has 1 aromatic heterocycles. The third-order valence-corrected chi connectivity index (χ3v) is 6.29. The van der Waals surface area contributed by atoms with Gasteiger partial charge in [-0.05, 0) is 31.0 Å². The molecule has 12 heteroatoms. The second-order valence-electron chi connectivity index (χ2n) is 6.35. The summed E-state index contributed by atoms with van der Waals surface area (Å²) in [5.41, 5.74) is -5.66. The fraction of sp³-hybridized carbons (Fsp3) is 0.476. The Kier molecular flexibility index (Phi) is 11.0. The fourth-order valence-corrected chi connectivity index (χ4v) is 4.49. The number of anilines is 1. The van der Waals surface area contributed by atoms with Crippen molar-refractivity contribution in [1.82, 2.24) is 9.29 Å². The summed E-state index contributed by atoms with van der Waals surface area (Å²) in [5.74, 6) is 2.25. The third-order valence-electron chi connectivity index (χ3n) is 4.33. The number of nitrogens with zero attached hydrogens (tertiary/aromatic N) is 3. The molecule has 2 aromatic rings. The van der Waals surface area contributed by atoms with Gasteiger partial charge in [0, 0.05) is 49.0 Å². The number of rotatable bonds is 4. The maximum atomic E-state index is 12.9. The van der Waals surface area contributed by atoms with E-state index in [0.717, 1.165) is 4.34 Å². The van der Waals surface area contributed by atoms with Crippen LogP contribution in [0, 0.1) is 12.3 Å². The largest absolute Gasteiger partial charge is 0.430 e. The lowest BCUT2D eigenvalue weighted by Gasteiger charge is -2.36. The van der Waals surface area contributed by atoms with Crippen molar-refractivity contribution < 1.29 is 31.4 Å². The second-order valence-corrected chi connectivity index (χ2v) is 8.59. The molecule has 1 N–H and O–H groups in total. The molecule has 1 saturated heterocycles. The molecule has 0 unspecified atom stereocenters. The topological polar surface area (TPSA) is 39.6 Å². The van der Waals surface area contributed by atoms with Crippen LogP contribution >= 0.6 is 23.3 Å². The summed E-state index contributed by atoms with van der Waals surface area (Å²) in [7, 11) is 0. The Labute approximate surface area is 197 Å². The third kappa shape index (κ3) is 7.27. The van der Waals surface area contributed by atoms with Crippen LogP contribution in [0.25, 0.3) is 0 Å². The van der Waals surface area contributed by atoms with E-state index in [1.54, 1.807) is 13.1 Å². The van der Waals surface area contributed by atoms with Gasteiger partial charge >= 0.3 is 12.4 Å². The van der Waals surface area contributed by atoms with Gasteiger partial charge in [-0.15, -0.1) is 23.7 Å². The summed E-state index contributed by atoms with van der Waals surface area (Å²) in [6.07, 6.45) is -5.47. The molecule has 1 aliphatic heterocycles. The number of alkyl halides is 6. The number of benzene rings is 1. The highest BCUT2D eigenvalue weighted by atomic mass is 32.2. The summed E-state index contributed by atoms with van der Waals surface area (Å²) < 4.78 is 80.7. The van der Waals surface area contributed by atoms with Crippen molar-refractivity contribution in [1.29, 1.82) is 0 Å². The van der Waals surface area contributed by atoms with Crippen LogP contribution in [0.5, 0.6) is 0 Å². The van der Waals surface area contributed by atoms with Gasteiger partial charge in [-0.25, -0.2) is 9.29 Å². The number of aromatic nitrogens is 1. The highest BCUT2D eigenvalue weighted by Gasteiger charge is 2.71. The standard InChI is InChI=1S/C16H15F6N3OS2.C3H4.C2H6/c17-15(18,19)14(26,16(20,21)22)11-1-3-12(4-2-11)24-6-8-25(9-7-24)28-13-23-5-10-27-13;1-3-2;1-2/h1-5,10,26H,6-9H2;1H,2H3;1-2H3. The Hall–Kier alpha value is -1.94. The molecular formula is C21H25F6N3OS2. The number of terminal acetylenes is 1. The molecule has 0 atom stereocenters. The lowest BCUT2D eigenvalue weighted by molar-refractivity contribution is -0.376. The van der Waals surface area contributed by atoms with Crippen LogP contribution in [0.15, 0.2) is 40.2 Å². The first-order chi connectivity index (χ1) is 15.4. The van der Waals surface area contributed by atoms with E-state index in [0.29, 0.717) is 44.0 Å². The second kappa shape index (κ2) is 12.5. The van der Waals surface area contributed by atoms with Crippen molar-refractivity contribution >= 4 is 29.0 Å². The summed E-state index contributed by atoms with van der Waals surface area (Å²) in [6.45, 7) is 8.07. The van der Waals surface area contributed by atoms with Gasteiger partial charge in [-0.2, -0.15) is 26.3 Å². The van der Waals surface area contributed by atoms with Crippen molar-refractivity contribution in [3.63, 3.8) is 0 Å². The molecule has 2 heterocycles. The van der Waals surface area contributed by atoms with E-state index in [1.165, 1.54) is 35.4 Å². The van der Waals surface area contributed by atoms with Gasteiger partial charge in [0.15, 0.2) is 4.34 Å². The van der Waals surface area contributed by atoms with E-state index in [1.807, 2.05) is 24.1 Å². The monoisotopic (exact) mass is 513 g/mol. The van der Waals surface area contributed by atoms with Gasteiger partial charge in [0.05, 0.1) is 0 Å². The van der Waals surface area contributed by atoms with Crippen LogP contribution in [-0.4, -0.2) is 52.9 Å². The van der Waals surface area contributed by atoms with Crippen molar-refractivity contribution in [2.24, 2.45) is 0 Å². The molecule has 184 valence electrons. The maximum absolute atomic E-state index is 12.9. The molecule has 1 aromatic carbocycles. The van der Waals surface area contributed by atoms with Gasteiger partial charge in [-0.1, -0.05) is 26.0 Å². The summed E-state index contributed by atoms with van der Waals surface area (Å²) in [5, 5.41) is 11.3. The molecule has 0 amide bonds. The minimum Gasteiger partial charge on any atom is -0.369 e. The first kappa shape index (κ1) is 29.1. The van der Waals surface area contributed by atoms with Crippen molar-refractivity contribution in [3.8, 4) is 12.3 Å². The van der Waals surface area contributed by atoms with E-state index >= 15 is 0 Å². The number of aliphatic hydroxyl groups is 1. The van der Waals surface area contributed by atoms with Crippen LogP contribution in [0.1, 0.15) is 26.3 Å². The summed E-state index contributed by atoms with van der Waals surface area (Å²) in [6, 6.07) is 3.68. The zero-order valence-electron chi connectivity index (χ0n) is 18.2. The van der Waals surface area contributed by atoms with Crippen LogP contribution in [0.3, 0.4) is 0 Å². The molecule has 0 saturated carbocycles. The molecule has 0 bridgehead atoms. The highest BCUT2D eigenvalue weighted by molar-refractivity contribution is 7.98. The Bertz CT molecular complexity index is 842. The molecular weight excluding hydrogens is 488 g/mol. The fourth-order valence-electron chi connectivity index (χ4n) is 2.80. The van der Waals surface area contributed by atoms with Crippen molar-refractivity contribution in [2.45, 2.75) is 43.1 Å². The first-order valence-corrected chi connectivity index (χ1v) is 11.5. The molecule has 3 rings (SSSR count). The predicted octanol–water partition coefficient (Wildman–Crippen LogP) is 5.95. The quantitative estimate of drug-likeness (QED) is 0.311. The first-order valence-electron chi connectivity index (χ1n) is 9.85. The van der Waals surface area contributed by atoms with Crippen LogP contribution in [0.2, 0.25) is 0 Å². The normalized spacial score (nSPS) is 15.0. The van der Waals surface area contributed by atoms with Gasteiger partial charge in [0.1, 0.15) is 0 Å². The molecule has 0 radical (unpaired) electrons. The van der Waals surface area contributed by atoms with E-state index in [-0.39, 0.29) is 0 Å². The van der Waals surface area contributed by atoms with E-state index < -0.39 is 23.5 Å². The van der Waals surface area contributed by atoms with E-state index in [2.05, 4.69) is 21.6 Å². The molecule has 0 aliphatic carbocycles. The highest BCUT2D eigenvalue weighted by Crippen LogP contribution is 2.50. The van der Waals surface area contributed by atoms with Crippen LogP contribution < -0.4 is 4.90 Å². The number of hydrogen-bond acceptors (Lipinski definition) is 6. The summed E-state index contributed by atoms with van der Waals surface area (Å²) in [4.78, 5) is 6.04. The van der Waals surface area contributed by atoms with E-state index in [4.69, 9.17) is 0 Å². The molecule has 1 aliphatic rings. The lowest BCUT2D eigenvalue weighted by Crippen LogP contribution is -2.53. The molecule has 1 fully saturated rings. The van der Waals surface area contributed by atoms with Crippen LogP contribution in [-0.2, 0) is 5.60 Å². The minimum atomic E-state index is -5.88. The zero-order chi connectivity index (χ0) is 25.3. The SMILES string of the molecule is C#CC.CC.OC(c1ccc(N2CCN(Sc3nccs3)CC2)cc1)(C(F)(F)F)C(F)(F)F. The van der Waals surface area contributed by atoms with Gasteiger partial charge in [0.2, 0.25) is 0 Å². The van der Waals surface area contributed by atoms with Crippen molar-refractivity contribution in [2.75, 3.05) is 31.1 Å². The Morgan fingerprint density at radius 1 is 1.00 bits per heavy atom. The van der Waals surface area contributed by atoms with Gasteiger partial charge in [0.25, 0.3) is 5.60 Å².